The third kappa shape index (κ3) is 3.66. The summed E-state index contributed by atoms with van der Waals surface area (Å²) in [6, 6.07) is 11.5. The van der Waals surface area contributed by atoms with E-state index in [4.69, 9.17) is 23.2 Å². The Morgan fingerprint density at radius 1 is 0.833 bits per heavy atom. The van der Waals surface area contributed by atoms with Crippen LogP contribution in [0.2, 0.25) is 10.0 Å². The Balaban J connectivity index is 0.000000141. The Morgan fingerprint density at radius 3 is 2.17 bits per heavy atom. The molecule has 8 heteroatoms. The first-order valence-corrected chi connectivity index (χ1v) is 9.83. The quantitative estimate of drug-likeness (QED) is 0.250. The number of nitrogens with zero attached hydrogens (tertiary/aromatic N) is 4. The van der Waals surface area contributed by atoms with Crippen LogP contribution in [0, 0.1) is 7.40 Å². The van der Waals surface area contributed by atoms with Gasteiger partial charge < -0.3 is 0 Å². The smallest absolute Gasteiger partial charge is 0.131 e. The van der Waals surface area contributed by atoms with Gasteiger partial charge in [-0.15, -0.1) is 0 Å². The lowest BCUT2D eigenvalue weighted by Gasteiger charge is -1.93. The molecule has 4 nitrogen and oxygen atoms in total. The van der Waals surface area contributed by atoms with Crippen LogP contribution in [0.25, 0.3) is 21.8 Å². The maximum atomic E-state index is 5.86. The van der Waals surface area contributed by atoms with Gasteiger partial charge in [0.15, 0.2) is 0 Å². The normalized spacial score (nSPS) is 10.9. The van der Waals surface area contributed by atoms with Crippen molar-refractivity contribution in [1.82, 2.24) is 19.6 Å². The molecule has 0 fully saturated rings. The highest BCUT2D eigenvalue weighted by Gasteiger charge is 2.05. The molecule has 0 spiro atoms. The van der Waals surface area contributed by atoms with E-state index < -0.39 is 0 Å². The summed E-state index contributed by atoms with van der Waals surface area (Å²) in [5.74, 6) is 0. The van der Waals surface area contributed by atoms with Crippen LogP contribution in [0.15, 0.2) is 36.4 Å². The fourth-order valence-corrected chi connectivity index (χ4v) is 4.00. The fourth-order valence-electron chi connectivity index (χ4n) is 2.33. The van der Waals surface area contributed by atoms with Crippen molar-refractivity contribution >= 4 is 90.2 Å². The van der Waals surface area contributed by atoms with Crippen LogP contribution in [-0.4, -0.2) is 19.6 Å². The van der Waals surface area contributed by atoms with Crippen LogP contribution in [-0.2, 0) is 14.1 Å². The summed E-state index contributed by atoms with van der Waals surface area (Å²) < 4.78 is 5.84. The predicted molar refractivity (Wildman–Crippen MR) is 117 cm³/mol. The molecule has 0 aliphatic carbocycles. The molecule has 0 radical (unpaired) electrons. The third-order valence-electron chi connectivity index (χ3n) is 3.49. The molecule has 2 aromatic heterocycles. The summed E-state index contributed by atoms with van der Waals surface area (Å²) in [6.45, 7) is 0. The topological polar surface area (TPSA) is 35.6 Å². The average molecular weight is 585 g/mol. The number of rotatable bonds is 0. The molecular formula is C16H12Cl2I2N4. The van der Waals surface area contributed by atoms with E-state index in [1.807, 2.05) is 59.9 Å². The molecule has 4 aromatic rings. The maximum absolute atomic E-state index is 5.86. The lowest BCUT2D eigenvalue weighted by molar-refractivity contribution is 0.759. The van der Waals surface area contributed by atoms with Crippen LogP contribution in [0.3, 0.4) is 0 Å². The number of fused-ring (bicyclic) bond motifs is 2. The molecule has 0 atom stereocenters. The summed E-state index contributed by atoms with van der Waals surface area (Å²) >= 11 is 16.2. The van der Waals surface area contributed by atoms with Gasteiger partial charge in [-0.2, -0.15) is 10.2 Å². The second-order valence-corrected chi connectivity index (χ2v) is 8.07. The van der Waals surface area contributed by atoms with Crippen LogP contribution in [0.1, 0.15) is 0 Å². The molecule has 24 heavy (non-hydrogen) atoms. The highest BCUT2D eigenvalue weighted by molar-refractivity contribution is 14.1. The second-order valence-electron chi connectivity index (χ2n) is 5.15. The summed E-state index contributed by atoms with van der Waals surface area (Å²) in [4.78, 5) is 0. The van der Waals surface area contributed by atoms with E-state index >= 15 is 0 Å². The highest BCUT2D eigenvalue weighted by Crippen LogP contribution is 2.23. The standard InChI is InChI=1S/2C8H6ClIN2/c1-12-7-4-5(9)2-3-6(7)8(10)11-12;1-12-8(10)6-3-2-5(9)4-7(6)11-12/h2*2-4H,1H3. The van der Waals surface area contributed by atoms with E-state index in [0.717, 1.165) is 39.3 Å². The van der Waals surface area contributed by atoms with E-state index in [0.29, 0.717) is 0 Å². The maximum Gasteiger partial charge on any atom is 0.131 e. The zero-order valence-corrected chi connectivity index (χ0v) is 18.6. The van der Waals surface area contributed by atoms with Crippen LogP contribution in [0.5, 0.6) is 0 Å². The van der Waals surface area contributed by atoms with Crippen LogP contribution >= 0.6 is 68.4 Å². The van der Waals surface area contributed by atoms with Gasteiger partial charge in [-0.25, -0.2) is 0 Å². The molecule has 4 rings (SSSR count). The summed E-state index contributed by atoms with van der Waals surface area (Å²) in [7, 11) is 3.84. The van der Waals surface area contributed by atoms with Crippen molar-refractivity contribution in [2.75, 3.05) is 0 Å². The van der Waals surface area contributed by atoms with Gasteiger partial charge in [-0.1, -0.05) is 23.2 Å². The fraction of sp³-hybridized carbons (Fsp3) is 0.125. The Hall–Kier alpha value is -0.580. The molecule has 0 aliphatic rings. The van der Waals surface area contributed by atoms with Gasteiger partial charge in [0, 0.05) is 34.9 Å². The number of hydrogen-bond donors (Lipinski definition) is 0. The van der Waals surface area contributed by atoms with E-state index in [9.17, 15) is 0 Å². The first-order chi connectivity index (χ1) is 11.4. The van der Waals surface area contributed by atoms with Gasteiger partial charge in [0.05, 0.1) is 11.0 Å². The van der Waals surface area contributed by atoms with Crippen molar-refractivity contribution in [1.29, 1.82) is 0 Å². The van der Waals surface area contributed by atoms with Crippen molar-refractivity contribution in [3.63, 3.8) is 0 Å². The van der Waals surface area contributed by atoms with E-state index in [1.54, 1.807) is 0 Å². The molecule has 0 saturated heterocycles. The van der Waals surface area contributed by atoms with Gasteiger partial charge in [0.25, 0.3) is 0 Å². The zero-order chi connectivity index (χ0) is 17.4. The number of aromatic nitrogens is 4. The minimum absolute atomic E-state index is 0.733. The highest BCUT2D eigenvalue weighted by atomic mass is 127. The Bertz CT molecular complexity index is 1030. The molecule has 2 heterocycles. The minimum Gasteiger partial charge on any atom is -0.267 e. The summed E-state index contributed by atoms with van der Waals surface area (Å²) in [6.07, 6.45) is 0. The lowest BCUT2D eigenvalue weighted by atomic mass is 10.3. The number of benzene rings is 2. The molecule has 2 aromatic carbocycles. The monoisotopic (exact) mass is 584 g/mol. The summed E-state index contributed by atoms with van der Waals surface area (Å²) in [5.41, 5.74) is 2.03. The Labute approximate surface area is 176 Å². The van der Waals surface area contributed by atoms with Gasteiger partial charge >= 0.3 is 0 Å². The number of hydrogen-bond acceptors (Lipinski definition) is 2. The molecule has 0 amide bonds. The minimum atomic E-state index is 0.733. The van der Waals surface area contributed by atoms with Crippen LogP contribution < -0.4 is 0 Å². The van der Waals surface area contributed by atoms with E-state index in [1.165, 1.54) is 0 Å². The average Bonchev–Trinajstić information content (AvgIpc) is 2.96. The molecule has 0 N–H and O–H groups in total. The lowest BCUT2D eigenvalue weighted by Crippen LogP contribution is -1.91. The van der Waals surface area contributed by atoms with Crippen LogP contribution in [0.4, 0.5) is 0 Å². The summed E-state index contributed by atoms with van der Waals surface area (Å²) in [5, 5.41) is 12.4. The molecule has 124 valence electrons. The predicted octanol–water partition coefficient (Wildman–Crippen LogP) is 5.66. The molecule has 0 unspecified atom stereocenters. The van der Waals surface area contributed by atoms with Crippen molar-refractivity contribution in [3.05, 3.63) is 53.8 Å². The van der Waals surface area contributed by atoms with Gasteiger partial charge in [0.1, 0.15) is 7.40 Å². The van der Waals surface area contributed by atoms with E-state index in [2.05, 4.69) is 55.4 Å². The largest absolute Gasteiger partial charge is 0.267 e. The molecule has 0 bridgehead atoms. The van der Waals surface area contributed by atoms with Gasteiger partial charge in [-0.05, 0) is 81.6 Å². The molecule has 0 saturated carbocycles. The Kier molecular flexibility index (Phi) is 5.58. The van der Waals surface area contributed by atoms with Crippen molar-refractivity contribution in [3.8, 4) is 0 Å². The molecular weight excluding hydrogens is 573 g/mol. The van der Waals surface area contributed by atoms with Gasteiger partial charge in [-0.3, -0.25) is 9.36 Å². The molecule has 0 aliphatic heterocycles. The van der Waals surface area contributed by atoms with Crippen molar-refractivity contribution in [2.45, 2.75) is 0 Å². The van der Waals surface area contributed by atoms with Crippen molar-refractivity contribution in [2.24, 2.45) is 14.1 Å². The number of aryl methyl sites for hydroxylation is 2. The second kappa shape index (κ2) is 7.35. The van der Waals surface area contributed by atoms with Crippen molar-refractivity contribution < 1.29 is 0 Å². The third-order valence-corrected chi connectivity index (χ3v) is 6.04. The van der Waals surface area contributed by atoms with E-state index in [-0.39, 0.29) is 0 Å². The first kappa shape index (κ1) is 18.2. The SMILES string of the molecule is Cn1nc(I)c2ccc(Cl)cc21.Cn1nc2cc(Cl)ccc2c1I. The zero-order valence-electron chi connectivity index (χ0n) is 12.8. The van der Waals surface area contributed by atoms with Gasteiger partial charge in [0.2, 0.25) is 0 Å². The Morgan fingerprint density at radius 2 is 1.46 bits per heavy atom. The number of halogens is 4. The first-order valence-electron chi connectivity index (χ1n) is 6.92.